The van der Waals surface area contributed by atoms with E-state index in [0.717, 1.165) is 5.56 Å². The van der Waals surface area contributed by atoms with Gasteiger partial charge >= 0.3 is 21.0 Å². The molecule has 40 heavy (non-hydrogen) atoms. The normalized spacial score (nSPS) is 13.8. The maximum absolute atomic E-state index is 11.7. The van der Waals surface area contributed by atoms with E-state index in [-0.39, 0.29) is 17.4 Å². The van der Waals surface area contributed by atoms with E-state index in [1.807, 2.05) is 24.7 Å². The van der Waals surface area contributed by atoms with Gasteiger partial charge in [0.05, 0.1) is 6.33 Å². The molecule has 0 saturated heterocycles. The maximum atomic E-state index is 11.7. The fourth-order valence-corrected chi connectivity index (χ4v) is 6.00. The van der Waals surface area contributed by atoms with Gasteiger partial charge in [0, 0.05) is 30.4 Å². The van der Waals surface area contributed by atoms with Crippen molar-refractivity contribution >= 4 is 44.2 Å². The van der Waals surface area contributed by atoms with Crippen molar-refractivity contribution in [3.8, 4) is 5.75 Å². The Bertz CT molecular complexity index is 1540. The highest BCUT2D eigenvalue weighted by molar-refractivity contribution is 7.64. The number of nitrogens with zero attached hydrogens (tertiary/aromatic N) is 5. The first kappa shape index (κ1) is 29.5. The number of aromatic nitrogens is 4. The first-order chi connectivity index (χ1) is 18.9. The van der Waals surface area contributed by atoms with E-state index in [1.165, 1.54) is 12.1 Å². The summed E-state index contributed by atoms with van der Waals surface area (Å²) >= 11 is 0. The molecular weight excluding hydrogens is 556 g/mol. The Morgan fingerprint density at radius 3 is 2.48 bits per heavy atom. The lowest BCUT2D eigenvalue weighted by atomic mass is 10.1. The molecular formula is C25H32N7O6P2+. The van der Waals surface area contributed by atoms with Gasteiger partial charge in [-0.3, -0.25) is 4.57 Å². The third-order valence-corrected chi connectivity index (χ3v) is 9.60. The zero-order valence-electron chi connectivity index (χ0n) is 22.2. The summed E-state index contributed by atoms with van der Waals surface area (Å²) in [5.41, 5.74) is 2.64. The van der Waals surface area contributed by atoms with Crippen molar-refractivity contribution in [3.05, 3.63) is 66.0 Å². The number of hydrogen-bond donors (Lipinski definition) is 6. The molecule has 2 aromatic heterocycles. The maximum Gasteiger partial charge on any atom is 0.526 e. The molecule has 13 nitrogen and oxygen atoms in total. The standard InChI is InChI=1S/C25H31N7O6P2/c1-16(31(2)3)14-26-25-29-22(28-19-9-7-18(8-10-19)24(39(34)35)40(36,37)38)21-23(30-25)32(15-27-21)12-11-17-5-4-6-20(33)13-17/h4-10,13,15-16,24H,11-12,14H2,1-3H3,(H5-,26,28,29,30,33,34,35,36,37,38)/p+1. The van der Waals surface area contributed by atoms with Gasteiger partial charge in [0.2, 0.25) is 5.95 Å². The fraction of sp³-hybridized carbons (Fsp3) is 0.320. The number of fused-ring (bicyclic) bond motifs is 1. The second-order valence-electron chi connectivity index (χ2n) is 9.63. The van der Waals surface area contributed by atoms with Crippen molar-refractivity contribution in [1.82, 2.24) is 24.4 Å². The van der Waals surface area contributed by atoms with Gasteiger partial charge in [-0.1, -0.05) is 24.3 Å². The average molecular weight is 589 g/mol. The molecule has 0 bridgehead atoms. The number of aromatic hydroxyl groups is 1. The van der Waals surface area contributed by atoms with E-state index in [1.54, 1.807) is 36.7 Å². The molecule has 3 atom stereocenters. The van der Waals surface area contributed by atoms with Gasteiger partial charge in [-0.15, -0.1) is 0 Å². The number of benzene rings is 2. The predicted molar refractivity (Wildman–Crippen MR) is 153 cm³/mol. The Hall–Kier alpha value is -3.44. The summed E-state index contributed by atoms with van der Waals surface area (Å²) in [4.78, 5) is 44.4. The topological polar surface area (TPSA) is 186 Å². The lowest BCUT2D eigenvalue weighted by Crippen LogP contribution is -2.32. The lowest BCUT2D eigenvalue weighted by molar-refractivity contribution is 0.326. The van der Waals surface area contributed by atoms with Gasteiger partial charge in [-0.2, -0.15) is 14.9 Å². The Kier molecular flexibility index (Phi) is 9.15. The zero-order chi connectivity index (χ0) is 29.0. The minimum absolute atomic E-state index is 0.0478. The smallest absolute Gasteiger partial charge is 0.508 e. The van der Waals surface area contributed by atoms with Crippen LogP contribution >= 0.6 is 15.6 Å². The van der Waals surface area contributed by atoms with Crippen LogP contribution in [0.25, 0.3) is 11.2 Å². The van der Waals surface area contributed by atoms with Crippen LogP contribution in [0.2, 0.25) is 0 Å². The minimum atomic E-state index is -4.84. The SMILES string of the molecule is CC(CNc1nc(Nc2ccc(C([P+](=O)O)P(=O)(O)O)cc2)c2ncn(CCc3cccc(O)c3)c2n1)N(C)C. The number of likely N-dealkylation sites (N-methyl/N-ethyl adjacent to an activating group) is 1. The number of phenols is 1. The van der Waals surface area contributed by atoms with Gasteiger partial charge in [0.15, 0.2) is 17.0 Å². The first-order valence-electron chi connectivity index (χ1n) is 12.4. The molecule has 15 heteroatoms. The minimum Gasteiger partial charge on any atom is -0.508 e. The summed E-state index contributed by atoms with van der Waals surface area (Å²) in [7, 11) is -4.02. The zero-order valence-corrected chi connectivity index (χ0v) is 24.0. The Labute approximate surface area is 232 Å². The van der Waals surface area contributed by atoms with Crippen LogP contribution < -0.4 is 10.6 Å². The van der Waals surface area contributed by atoms with Crippen LogP contribution in [0.1, 0.15) is 23.5 Å². The molecule has 0 spiro atoms. The second kappa shape index (κ2) is 12.4. The molecule has 0 aliphatic carbocycles. The van der Waals surface area contributed by atoms with Gasteiger partial charge in [-0.25, -0.2) is 4.98 Å². The van der Waals surface area contributed by atoms with Gasteiger partial charge in [-0.05, 0) is 61.8 Å². The average Bonchev–Trinajstić information content (AvgIpc) is 3.29. The molecule has 3 unspecified atom stereocenters. The second-order valence-corrected chi connectivity index (χ2v) is 12.9. The Balaban J connectivity index is 1.65. The number of phenolic OH excluding ortho intramolecular Hbond substituents is 1. The highest BCUT2D eigenvalue weighted by Gasteiger charge is 2.46. The fourth-order valence-electron chi connectivity index (χ4n) is 3.98. The summed E-state index contributed by atoms with van der Waals surface area (Å²) in [5.74, 6) is 0.999. The van der Waals surface area contributed by atoms with E-state index in [9.17, 15) is 28.9 Å². The van der Waals surface area contributed by atoms with Crippen LogP contribution in [0, 0.1) is 0 Å². The van der Waals surface area contributed by atoms with Crippen LogP contribution in [0.5, 0.6) is 5.75 Å². The molecule has 4 rings (SSSR count). The van der Waals surface area contributed by atoms with Crippen molar-refractivity contribution in [2.45, 2.75) is 31.3 Å². The summed E-state index contributed by atoms with van der Waals surface area (Å²) in [5, 5.41) is 14.4. The van der Waals surface area contributed by atoms with Crippen LogP contribution in [0.4, 0.5) is 17.5 Å². The number of nitrogens with one attached hydrogen (secondary N) is 2. The van der Waals surface area contributed by atoms with Crippen molar-refractivity contribution < 1.29 is 28.9 Å². The van der Waals surface area contributed by atoms with E-state index in [2.05, 4.69) is 32.4 Å². The number of hydrogen-bond acceptors (Lipinski definition) is 9. The predicted octanol–water partition coefficient (Wildman–Crippen LogP) is 3.79. The number of imidazole rings is 1. The quantitative estimate of drug-likeness (QED) is 0.132. The van der Waals surface area contributed by atoms with E-state index < -0.39 is 21.0 Å². The number of anilines is 3. The lowest BCUT2D eigenvalue weighted by Gasteiger charge is -2.20. The highest BCUT2D eigenvalue weighted by Crippen LogP contribution is 2.62. The van der Waals surface area contributed by atoms with E-state index >= 15 is 0 Å². The number of aryl methyl sites for hydroxylation is 2. The van der Waals surface area contributed by atoms with Crippen LogP contribution in [-0.2, 0) is 22.1 Å². The van der Waals surface area contributed by atoms with Crippen LogP contribution in [0.15, 0.2) is 54.9 Å². The molecule has 4 aromatic rings. The molecule has 0 fully saturated rings. The third kappa shape index (κ3) is 7.19. The third-order valence-electron chi connectivity index (χ3n) is 6.45. The first-order valence-corrected chi connectivity index (χ1v) is 15.4. The molecule has 0 amide bonds. The van der Waals surface area contributed by atoms with Crippen LogP contribution in [0.3, 0.4) is 0 Å². The number of rotatable bonds is 12. The summed E-state index contributed by atoms with van der Waals surface area (Å²) < 4.78 is 25.2. The molecule has 6 N–H and O–H groups in total. The summed E-state index contributed by atoms with van der Waals surface area (Å²) in [6.45, 7) is 3.21. The Morgan fingerprint density at radius 2 is 1.85 bits per heavy atom. The molecule has 212 valence electrons. The molecule has 0 saturated carbocycles. The highest BCUT2D eigenvalue weighted by atomic mass is 31.2. The molecule has 0 aliphatic rings. The van der Waals surface area contributed by atoms with E-state index in [0.29, 0.717) is 48.1 Å². The van der Waals surface area contributed by atoms with Crippen LogP contribution in [-0.4, -0.2) is 70.9 Å². The molecule has 2 aromatic carbocycles. The summed E-state index contributed by atoms with van der Waals surface area (Å²) in [6.07, 6.45) is 2.31. The van der Waals surface area contributed by atoms with E-state index in [4.69, 9.17) is 4.98 Å². The van der Waals surface area contributed by atoms with Crippen molar-refractivity contribution in [3.63, 3.8) is 0 Å². The van der Waals surface area contributed by atoms with Crippen molar-refractivity contribution in [1.29, 1.82) is 0 Å². The van der Waals surface area contributed by atoms with Gasteiger partial charge < -0.3 is 35.0 Å². The monoisotopic (exact) mass is 588 g/mol. The molecule has 0 aliphatic heterocycles. The van der Waals surface area contributed by atoms with Crippen molar-refractivity contribution in [2.24, 2.45) is 0 Å². The van der Waals surface area contributed by atoms with Crippen molar-refractivity contribution in [2.75, 3.05) is 31.3 Å². The summed E-state index contributed by atoms with van der Waals surface area (Å²) in [6, 6.07) is 13.1. The van der Waals surface area contributed by atoms with Gasteiger partial charge in [0.25, 0.3) is 0 Å². The largest absolute Gasteiger partial charge is 0.526 e. The van der Waals surface area contributed by atoms with Gasteiger partial charge in [0.1, 0.15) is 5.75 Å². The molecule has 0 radical (unpaired) electrons. The molecule has 2 heterocycles. The Morgan fingerprint density at radius 1 is 1.12 bits per heavy atom.